The van der Waals surface area contributed by atoms with Crippen LogP contribution in [0.4, 0.5) is 0 Å². The van der Waals surface area contributed by atoms with Gasteiger partial charge in [0.15, 0.2) is 0 Å². The minimum Gasteiger partial charge on any atom is -0.497 e. The highest BCUT2D eigenvalue weighted by Gasteiger charge is 2.27. The maximum absolute atomic E-state index is 12.8. The van der Waals surface area contributed by atoms with E-state index in [4.69, 9.17) is 14.7 Å². The van der Waals surface area contributed by atoms with Gasteiger partial charge in [-0.1, -0.05) is 36.4 Å². The third-order valence-electron chi connectivity index (χ3n) is 5.41. The average molecular weight is 522 g/mol. The first-order valence-electron chi connectivity index (χ1n) is 11.4. The normalized spacial score (nSPS) is 11.7. The van der Waals surface area contributed by atoms with Crippen LogP contribution >= 0.6 is 0 Å². The molecule has 0 aliphatic rings. The summed E-state index contributed by atoms with van der Waals surface area (Å²) in [4.78, 5) is 24.9. The van der Waals surface area contributed by atoms with Gasteiger partial charge in [-0.2, -0.15) is 9.98 Å². The van der Waals surface area contributed by atoms with E-state index >= 15 is 0 Å². The van der Waals surface area contributed by atoms with Gasteiger partial charge < -0.3 is 14.8 Å². The monoisotopic (exact) mass is 521 g/mol. The number of hydrogen-bond donors (Lipinski definition) is 2. The lowest BCUT2D eigenvalue weighted by Gasteiger charge is -2.18. The summed E-state index contributed by atoms with van der Waals surface area (Å²) in [7, 11) is -2.60. The fourth-order valence-corrected chi connectivity index (χ4v) is 4.63. The maximum atomic E-state index is 12.8. The molecule has 0 aliphatic carbocycles. The largest absolute Gasteiger partial charge is 0.497 e. The van der Waals surface area contributed by atoms with Gasteiger partial charge in [0.25, 0.3) is 0 Å². The van der Waals surface area contributed by atoms with E-state index in [1.807, 2.05) is 36.4 Å². The molecule has 0 aliphatic heterocycles. The molecular formula is C27H27N3O6S. The Balaban J connectivity index is 1.62. The van der Waals surface area contributed by atoms with Gasteiger partial charge in [-0.15, -0.1) is 0 Å². The number of sulfonamides is 1. The summed E-state index contributed by atoms with van der Waals surface area (Å²) in [5.41, 5.74) is 3.19. The zero-order valence-corrected chi connectivity index (χ0v) is 21.2. The van der Waals surface area contributed by atoms with Crippen molar-refractivity contribution in [3.05, 3.63) is 83.9 Å². The molecule has 1 amide bonds. The van der Waals surface area contributed by atoms with Crippen LogP contribution in [0.25, 0.3) is 11.1 Å². The predicted octanol–water partition coefficient (Wildman–Crippen LogP) is 2.80. The first-order valence-corrected chi connectivity index (χ1v) is 12.9. The summed E-state index contributed by atoms with van der Waals surface area (Å²) in [6.45, 7) is 1.38. The third-order valence-corrected chi connectivity index (χ3v) is 6.90. The van der Waals surface area contributed by atoms with Gasteiger partial charge in [-0.25, -0.2) is 8.42 Å². The maximum Gasteiger partial charge on any atom is 0.326 e. The summed E-state index contributed by atoms with van der Waals surface area (Å²) < 4.78 is 37.9. The first-order chi connectivity index (χ1) is 17.7. The van der Waals surface area contributed by atoms with Crippen molar-refractivity contribution in [2.75, 3.05) is 20.3 Å². The van der Waals surface area contributed by atoms with Gasteiger partial charge in [0.05, 0.1) is 36.7 Å². The topological polar surface area (TPSA) is 135 Å². The van der Waals surface area contributed by atoms with Crippen LogP contribution < -0.4 is 14.8 Å². The van der Waals surface area contributed by atoms with E-state index in [2.05, 4.69) is 16.1 Å². The molecule has 0 unspecified atom stereocenters. The minimum atomic E-state index is -4.07. The van der Waals surface area contributed by atoms with Crippen LogP contribution in [0.1, 0.15) is 18.1 Å². The van der Waals surface area contributed by atoms with Gasteiger partial charge in [0.2, 0.25) is 15.9 Å². The number of ether oxygens (including phenoxy) is 2. The number of nitriles is 1. The van der Waals surface area contributed by atoms with E-state index in [0.29, 0.717) is 11.3 Å². The standard InChI is InChI=1S/C27H27N3O6S/c1-3-36-27(32)25(30-37(33,34)24-14-12-23(35-2)13-15-24)18-29-26(31)16-19-4-8-21(9-5-19)22-10-6-20(17-28)7-11-22/h4-15,25,30H,3,16,18H2,1-2H3,(H,29,31)/t25-/m0/s1. The van der Waals surface area contributed by atoms with Crippen molar-refractivity contribution in [1.82, 2.24) is 10.0 Å². The molecule has 0 heterocycles. The van der Waals surface area contributed by atoms with E-state index in [1.54, 1.807) is 19.1 Å². The van der Waals surface area contributed by atoms with Crippen LogP contribution in [0.3, 0.4) is 0 Å². The molecule has 3 aromatic carbocycles. The number of rotatable bonds is 11. The molecule has 0 bridgehead atoms. The second-order valence-electron chi connectivity index (χ2n) is 7.97. The van der Waals surface area contributed by atoms with E-state index in [9.17, 15) is 18.0 Å². The molecular weight excluding hydrogens is 494 g/mol. The van der Waals surface area contributed by atoms with Crippen molar-refractivity contribution in [3.8, 4) is 22.9 Å². The van der Waals surface area contributed by atoms with E-state index in [1.165, 1.54) is 31.4 Å². The second-order valence-corrected chi connectivity index (χ2v) is 9.68. The SMILES string of the molecule is CCOC(=O)[C@H](CNC(=O)Cc1ccc(-c2ccc(C#N)cc2)cc1)NS(=O)(=O)c1ccc(OC)cc1. The highest BCUT2D eigenvalue weighted by Crippen LogP contribution is 2.20. The van der Waals surface area contributed by atoms with Crippen molar-refractivity contribution in [2.24, 2.45) is 0 Å². The second kappa shape index (κ2) is 12.7. The Morgan fingerprint density at radius 2 is 1.54 bits per heavy atom. The molecule has 10 heteroatoms. The summed E-state index contributed by atoms with van der Waals surface area (Å²) in [5.74, 6) is -0.700. The van der Waals surface area contributed by atoms with E-state index in [0.717, 1.165) is 16.7 Å². The Morgan fingerprint density at radius 1 is 0.946 bits per heavy atom. The van der Waals surface area contributed by atoms with Crippen molar-refractivity contribution in [3.63, 3.8) is 0 Å². The number of methoxy groups -OCH3 is 1. The number of nitrogens with one attached hydrogen (secondary N) is 2. The van der Waals surface area contributed by atoms with Gasteiger partial charge in [-0.05, 0) is 60.0 Å². The molecule has 0 saturated heterocycles. The number of hydrogen-bond acceptors (Lipinski definition) is 7. The quantitative estimate of drug-likeness (QED) is 0.371. The molecule has 0 spiro atoms. The number of carbonyl (C=O) groups excluding carboxylic acids is 2. The summed E-state index contributed by atoms with van der Waals surface area (Å²) in [6.07, 6.45) is 0.0361. The fourth-order valence-electron chi connectivity index (χ4n) is 3.44. The van der Waals surface area contributed by atoms with Crippen LogP contribution in [0.2, 0.25) is 0 Å². The molecule has 0 fully saturated rings. The Bertz CT molecular complexity index is 1360. The molecule has 0 aromatic heterocycles. The molecule has 0 saturated carbocycles. The molecule has 37 heavy (non-hydrogen) atoms. The lowest BCUT2D eigenvalue weighted by atomic mass is 10.0. The lowest BCUT2D eigenvalue weighted by Crippen LogP contribution is -2.49. The zero-order chi connectivity index (χ0) is 26.8. The van der Waals surface area contributed by atoms with Crippen LogP contribution in [0, 0.1) is 11.3 Å². The highest BCUT2D eigenvalue weighted by molar-refractivity contribution is 7.89. The molecule has 3 rings (SSSR count). The number of amides is 1. The zero-order valence-electron chi connectivity index (χ0n) is 20.4. The average Bonchev–Trinajstić information content (AvgIpc) is 2.91. The Kier molecular flexibility index (Phi) is 9.38. The van der Waals surface area contributed by atoms with Crippen LogP contribution in [-0.2, 0) is 30.8 Å². The van der Waals surface area contributed by atoms with Crippen LogP contribution in [0.5, 0.6) is 5.75 Å². The summed E-state index contributed by atoms with van der Waals surface area (Å²) in [5, 5.41) is 11.5. The Hall–Kier alpha value is -4.20. The Labute approximate surface area is 216 Å². The minimum absolute atomic E-state index is 0.0361. The number of benzene rings is 3. The summed E-state index contributed by atoms with van der Waals surface area (Å²) in [6, 6.07) is 21.0. The van der Waals surface area contributed by atoms with Crippen molar-refractivity contribution < 1.29 is 27.5 Å². The smallest absolute Gasteiger partial charge is 0.326 e. The van der Waals surface area contributed by atoms with Gasteiger partial charge >= 0.3 is 5.97 Å². The number of esters is 1. The van der Waals surface area contributed by atoms with Crippen LogP contribution in [0.15, 0.2) is 77.7 Å². The first kappa shape index (κ1) is 27.4. The van der Waals surface area contributed by atoms with Gasteiger partial charge in [-0.3, -0.25) is 9.59 Å². The fraction of sp³-hybridized carbons (Fsp3) is 0.222. The highest BCUT2D eigenvalue weighted by atomic mass is 32.2. The molecule has 192 valence electrons. The van der Waals surface area contributed by atoms with Crippen LogP contribution in [-0.4, -0.2) is 46.6 Å². The van der Waals surface area contributed by atoms with Crippen molar-refractivity contribution >= 4 is 21.9 Å². The number of carbonyl (C=O) groups is 2. The molecule has 3 aromatic rings. The van der Waals surface area contributed by atoms with Crippen molar-refractivity contribution in [1.29, 1.82) is 5.26 Å². The molecule has 0 radical (unpaired) electrons. The lowest BCUT2D eigenvalue weighted by molar-refractivity contribution is -0.145. The van der Waals surface area contributed by atoms with E-state index < -0.39 is 22.0 Å². The van der Waals surface area contributed by atoms with Gasteiger partial charge in [0.1, 0.15) is 11.8 Å². The summed E-state index contributed by atoms with van der Waals surface area (Å²) >= 11 is 0. The molecule has 1 atom stereocenters. The molecule has 2 N–H and O–H groups in total. The van der Waals surface area contributed by atoms with E-state index in [-0.39, 0.29) is 30.4 Å². The number of nitrogens with zero attached hydrogens (tertiary/aromatic N) is 1. The van der Waals surface area contributed by atoms with Gasteiger partial charge in [0, 0.05) is 6.54 Å². The third kappa shape index (κ3) is 7.64. The van der Waals surface area contributed by atoms with Crippen molar-refractivity contribution in [2.45, 2.75) is 24.3 Å². The molecule has 9 nitrogen and oxygen atoms in total. The predicted molar refractivity (Wildman–Crippen MR) is 137 cm³/mol. The Morgan fingerprint density at radius 3 is 2.08 bits per heavy atom.